The highest BCUT2D eigenvalue weighted by Gasteiger charge is 2.00. The average Bonchev–Trinajstić information content (AvgIpc) is 2.15. The van der Waals surface area contributed by atoms with Gasteiger partial charge in [0.1, 0.15) is 5.78 Å². The fraction of sp³-hybridized carbons (Fsp3) is 0.750. The number of ketones is 1. The Morgan fingerprint density at radius 3 is 2.29 bits per heavy atom. The fourth-order valence-corrected chi connectivity index (χ4v) is 3.00. The van der Waals surface area contributed by atoms with Crippen LogP contribution in [0, 0.1) is 0 Å². The second kappa shape index (κ2) is 10.1. The molecule has 0 fully saturated rings. The lowest BCUT2D eigenvalue weighted by atomic mass is 10.3. The van der Waals surface area contributed by atoms with Gasteiger partial charge in [-0.25, -0.2) is 0 Å². The summed E-state index contributed by atoms with van der Waals surface area (Å²) in [5.74, 6) is 1.85. The van der Waals surface area contributed by atoms with E-state index >= 15 is 0 Å². The van der Waals surface area contributed by atoms with Gasteiger partial charge >= 0.3 is 0 Å². The van der Waals surface area contributed by atoms with Gasteiger partial charge in [0.05, 0.1) is 5.88 Å². The first-order chi connectivity index (χ1) is 6.66. The molecule has 0 aliphatic heterocycles. The van der Waals surface area contributed by atoms with E-state index in [-0.39, 0.29) is 16.9 Å². The van der Waals surface area contributed by atoms with Gasteiger partial charge in [-0.15, -0.1) is 11.6 Å². The number of hydrogen-bond donors (Lipinski definition) is 0. The highest BCUT2D eigenvalue weighted by molar-refractivity contribution is 8.76. The van der Waals surface area contributed by atoms with Crippen molar-refractivity contribution >= 4 is 55.8 Å². The Morgan fingerprint density at radius 2 is 1.71 bits per heavy atom. The zero-order valence-corrected chi connectivity index (χ0v) is 10.8. The van der Waals surface area contributed by atoms with Gasteiger partial charge in [-0.2, -0.15) is 0 Å². The number of carbonyl (C=O) groups excluding carboxylic acids is 2. The van der Waals surface area contributed by atoms with Gasteiger partial charge in [0.25, 0.3) is 0 Å². The second-order valence-electron chi connectivity index (χ2n) is 2.52. The molecular formula is C8H12Cl2O2S2. The SMILES string of the molecule is O=C(Cl)CCCSSCCC(=O)CCl. The molecule has 0 spiro atoms. The summed E-state index contributed by atoms with van der Waals surface area (Å²) in [5.41, 5.74) is 0. The van der Waals surface area contributed by atoms with Crippen molar-refractivity contribution in [1.29, 1.82) is 0 Å². The molecule has 0 aromatic heterocycles. The van der Waals surface area contributed by atoms with E-state index in [2.05, 4.69) is 0 Å². The molecule has 0 N–H and O–H groups in total. The van der Waals surface area contributed by atoms with Crippen molar-refractivity contribution in [2.45, 2.75) is 19.3 Å². The van der Waals surface area contributed by atoms with Crippen LogP contribution in [0.15, 0.2) is 0 Å². The molecule has 82 valence electrons. The molecule has 6 heteroatoms. The Labute approximate surface area is 102 Å². The summed E-state index contributed by atoms with van der Waals surface area (Å²) in [6, 6.07) is 0. The zero-order chi connectivity index (χ0) is 10.8. The maximum Gasteiger partial charge on any atom is 0.221 e. The van der Waals surface area contributed by atoms with Gasteiger partial charge in [0.15, 0.2) is 0 Å². The lowest BCUT2D eigenvalue weighted by Crippen LogP contribution is -1.99. The number of Topliss-reactive ketones (excluding diaryl/α,β-unsaturated/α-hetero) is 1. The monoisotopic (exact) mass is 274 g/mol. The number of carbonyl (C=O) groups is 2. The van der Waals surface area contributed by atoms with E-state index in [1.54, 1.807) is 21.6 Å². The van der Waals surface area contributed by atoms with Crippen molar-refractivity contribution in [2.75, 3.05) is 17.4 Å². The van der Waals surface area contributed by atoms with E-state index < -0.39 is 0 Å². The Hall–Kier alpha value is 0.620. The highest BCUT2D eigenvalue weighted by Crippen LogP contribution is 2.23. The van der Waals surface area contributed by atoms with Crippen molar-refractivity contribution in [3.63, 3.8) is 0 Å². The van der Waals surface area contributed by atoms with Crippen LogP contribution in [0.5, 0.6) is 0 Å². The molecule has 0 aliphatic rings. The lowest BCUT2D eigenvalue weighted by molar-refractivity contribution is -0.116. The van der Waals surface area contributed by atoms with Crippen LogP contribution in [0.3, 0.4) is 0 Å². The number of hydrogen-bond acceptors (Lipinski definition) is 4. The van der Waals surface area contributed by atoms with Crippen LogP contribution < -0.4 is 0 Å². The molecule has 0 heterocycles. The van der Waals surface area contributed by atoms with E-state index in [1.807, 2.05) is 0 Å². The van der Waals surface area contributed by atoms with Crippen LogP contribution in [0.2, 0.25) is 0 Å². The summed E-state index contributed by atoms with van der Waals surface area (Å²) < 4.78 is 0. The van der Waals surface area contributed by atoms with Crippen molar-refractivity contribution in [3.8, 4) is 0 Å². The molecule has 2 nitrogen and oxygen atoms in total. The largest absolute Gasteiger partial charge is 0.298 e. The molecule has 0 bridgehead atoms. The molecule has 0 aliphatic carbocycles. The normalized spacial score (nSPS) is 10.1. The van der Waals surface area contributed by atoms with E-state index in [1.165, 1.54) is 0 Å². The predicted molar refractivity (Wildman–Crippen MR) is 65.4 cm³/mol. The molecule has 0 radical (unpaired) electrons. The minimum absolute atomic E-state index is 0.0794. The predicted octanol–water partition coefficient (Wildman–Crippen LogP) is 3.11. The van der Waals surface area contributed by atoms with Crippen molar-refractivity contribution in [2.24, 2.45) is 0 Å². The van der Waals surface area contributed by atoms with Gasteiger partial charge in [0, 0.05) is 24.3 Å². The third-order valence-electron chi connectivity index (χ3n) is 1.30. The summed E-state index contributed by atoms with van der Waals surface area (Å²) in [7, 11) is 3.29. The summed E-state index contributed by atoms with van der Waals surface area (Å²) >= 11 is 10.5. The minimum Gasteiger partial charge on any atom is -0.298 e. The molecule has 0 amide bonds. The van der Waals surface area contributed by atoms with Gasteiger partial charge in [-0.05, 0) is 18.0 Å². The summed E-state index contributed by atoms with van der Waals surface area (Å²) in [6.45, 7) is 0. The quantitative estimate of drug-likeness (QED) is 0.280. The van der Waals surface area contributed by atoms with Crippen molar-refractivity contribution in [3.05, 3.63) is 0 Å². The topological polar surface area (TPSA) is 34.1 Å². The van der Waals surface area contributed by atoms with Crippen LogP contribution >= 0.6 is 44.8 Å². The van der Waals surface area contributed by atoms with Gasteiger partial charge in [-0.1, -0.05) is 21.6 Å². The molecule has 0 aromatic carbocycles. The zero-order valence-electron chi connectivity index (χ0n) is 7.63. The van der Waals surface area contributed by atoms with E-state index in [0.717, 1.165) is 17.9 Å². The summed E-state index contributed by atoms with van der Waals surface area (Å²) in [6.07, 6.45) is 1.74. The van der Waals surface area contributed by atoms with E-state index in [0.29, 0.717) is 12.8 Å². The van der Waals surface area contributed by atoms with Gasteiger partial charge < -0.3 is 0 Å². The number of alkyl halides is 1. The Morgan fingerprint density at radius 1 is 1.07 bits per heavy atom. The van der Waals surface area contributed by atoms with Gasteiger partial charge in [0.2, 0.25) is 5.24 Å². The second-order valence-corrected chi connectivity index (χ2v) is 5.92. The molecule has 0 unspecified atom stereocenters. The first-order valence-electron chi connectivity index (χ1n) is 4.17. The third kappa shape index (κ3) is 10.7. The summed E-state index contributed by atoms with van der Waals surface area (Å²) in [5, 5.41) is -0.284. The minimum atomic E-state index is -0.284. The standard InChI is InChI=1S/C8H12Cl2O2S2/c9-6-7(11)3-5-14-13-4-1-2-8(10)12/h1-6H2. The lowest BCUT2D eigenvalue weighted by Gasteiger charge is -1.98. The third-order valence-corrected chi connectivity index (χ3v) is 4.28. The fourth-order valence-electron chi connectivity index (χ4n) is 0.610. The molecule has 0 atom stereocenters. The molecule has 0 saturated heterocycles. The smallest absolute Gasteiger partial charge is 0.221 e. The van der Waals surface area contributed by atoms with Crippen molar-refractivity contribution < 1.29 is 9.59 Å². The molecule has 0 rings (SSSR count). The number of halogens is 2. The van der Waals surface area contributed by atoms with Crippen LogP contribution in [-0.4, -0.2) is 28.4 Å². The first kappa shape index (κ1) is 14.6. The Bertz CT molecular complexity index is 188. The molecule has 14 heavy (non-hydrogen) atoms. The van der Waals surface area contributed by atoms with Crippen molar-refractivity contribution in [1.82, 2.24) is 0 Å². The highest BCUT2D eigenvalue weighted by atomic mass is 35.5. The Balaban J connectivity index is 3.06. The molecule has 0 aromatic rings. The van der Waals surface area contributed by atoms with Crippen LogP contribution in [-0.2, 0) is 9.59 Å². The van der Waals surface area contributed by atoms with Crippen LogP contribution in [0.4, 0.5) is 0 Å². The maximum absolute atomic E-state index is 10.8. The molecule has 0 saturated carbocycles. The number of rotatable bonds is 9. The van der Waals surface area contributed by atoms with Crippen LogP contribution in [0.1, 0.15) is 19.3 Å². The summed E-state index contributed by atoms with van der Waals surface area (Å²) in [4.78, 5) is 21.1. The maximum atomic E-state index is 10.8. The average molecular weight is 275 g/mol. The first-order valence-corrected chi connectivity index (χ1v) is 7.57. The van der Waals surface area contributed by atoms with Crippen LogP contribution in [0.25, 0.3) is 0 Å². The van der Waals surface area contributed by atoms with E-state index in [4.69, 9.17) is 23.2 Å². The van der Waals surface area contributed by atoms with Gasteiger partial charge in [-0.3, -0.25) is 9.59 Å². The Kier molecular flexibility index (Phi) is 10.6. The molecular weight excluding hydrogens is 263 g/mol. The van der Waals surface area contributed by atoms with E-state index in [9.17, 15) is 9.59 Å².